The minimum Gasteiger partial charge on any atom is -0.356 e. The van der Waals surface area contributed by atoms with Crippen molar-refractivity contribution in [3.63, 3.8) is 0 Å². The highest BCUT2D eigenvalue weighted by molar-refractivity contribution is 5.26. The molecule has 36 heavy (non-hydrogen) atoms. The van der Waals surface area contributed by atoms with Crippen LogP contribution in [0.5, 0.6) is 0 Å². The Balaban J connectivity index is 1.45. The van der Waals surface area contributed by atoms with E-state index in [1.165, 1.54) is 116 Å². The first-order chi connectivity index (χ1) is 17.8. The summed E-state index contributed by atoms with van der Waals surface area (Å²) in [4.78, 5) is 9.03. The molecule has 0 unspecified atom stereocenters. The average Bonchev–Trinajstić information content (AvgIpc) is 3.53. The fourth-order valence-corrected chi connectivity index (χ4v) is 4.80. The maximum Gasteiger partial charge on any atom is 0.202 e. The predicted octanol–water partition coefficient (Wildman–Crippen LogP) is 8.67. The molecular formula is C30H56N6. The van der Waals surface area contributed by atoms with Gasteiger partial charge in [0.2, 0.25) is 11.9 Å². The number of hydrogen-bond acceptors (Lipinski definition) is 4. The third kappa shape index (κ3) is 13.9. The summed E-state index contributed by atoms with van der Waals surface area (Å²) in [5.41, 5.74) is 0. The van der Waals surface area contributed by atoms with Crippen LogP contribution in [0.2, 0.25) is 0 Å². The Kier molecular flexibility index (Phi) is 17.8. The minimum atomic E-state index is 1.00. The van der Waals surface area contributed by atoms with Crippen molar-refractivity contribution in [2.45, 2.75) is 143 Å². The summed E-state index contributed by atoms with van der Waals surface area (Å²) in [6, 6.07) is 0. The number of imidazole rings is 2. The molecule has 206 valence electrons. The third-order valence-corrected chi connectivity index (χ3v) is 7.11. The number of aryl methyl sites for hydroxylation is 2. The lowest BCUT2D eigenvalue weighted by Crippen LogP contribution is -2.10. The van der Waals surface area contributed by atoms with E-state index in [9.17, 15) is 0 Å². The molecule has 2 aromatic heterocycles. The van der Waals surface area contributed by atoms with Crippen molar-refractivity contribution < 1.29 is 0 Å². The molecule has 0 bridgehead atoms. The fraction of sp³-hybridized carbons (Fsp3) is 0.800. The van der Waals surface area contributed by atoms with Crippen LogP contribution in [0.1, 0.15) is 129 Å². The van der Waals surface area contributed by atoms with E-state index in [-0.39, 0.29) is 0 Å². The molecule has 0 fully saturated rings. The second-order valence-corrected chi connectivity index (χ2v) is 10.4. The molecule has 0 aliphatic carbocycles. The average molecular weight is 501 g/mol. The van der Waals surface area contributed by atoms with Gasteiger partial charge in [0.1, 0.15) is 0 Å². The Morgan fingerprint density at radius 3 is 1.28 bits per heavy atom. The van der Waals surface area contributed by atoms with E-state index in [1.54, 1.807) is 0 Å². The minimum absolute atomic E-state index is 1.00. The van der Waals surface area contributed by atoms with Crippen LogP contribution in [-0.4, -0.2) is 32.2 Å². The summed E-state index contributed by atoms with van der Waals surface area (Å²) in [5.74, 6) is 2.07. The first kappa shape index (κ1) is 30.2. The molecule has 2 N–H and O–H groups in total. The molecule has 0 aliphatic heterocycles. The Morgan fingerprint density at radius 2 is 0.861 bits per heavy atom. The molecule has 0 aliphatic rings. The Labute approximate surface area is 222 Å². The van der Waals surface area contributed by atoms with E-state index >= 15 is 0 Å². The molecule has 0 saturated carbocycles. The number of nitrogens with one attached hydrogen (secondary N) is 2. The van der Waals surface area contributed by atoms with Crippen molar-refractivity contribution in [2.75, 3.05) is 23.7 Å². The van der Waals surface area contributed by atoms with Gasteiger partial charge in [-0.15, -0.1) is 0 Å². The summed E-state index contributed by atoms with van der Waals surface area (Å²) < 4.78 is 4.56. The van der Waals surface area contributed by atoms with Crippen LogP contribution in [0.3, 0.4) is 0 Å². The summed E-state index contributed by atoms with van der Waals surface area (Å²) >= 11 is 0. The van der Waals surface area contributed by atoms with Gasteiger partial charge in [-0.1, -0.05) is 104 Å². The number of unbranched alkanes of at least 4 members (excludes halogenated alkanes) is 15. The molecule has 0 radical (unpaired) electrons. The summed E-state index contributed by atoms with van der Waals surface area (Å²) in [7, 11) is 0. The first-order valence-electron chi connectivity index (χ1n) is 15.3. The molecule has 6 heteroatoms. The topological polar surface area (TPSA) is 59.7 Å². The van der Waals surface area contributed by atoms with Crippen LogP contribution in [0.4, 0.5) is 11.9 Å². The van der Waals surface area contributed by atoms with Gasteiger partial charge in [-0.2, -0.15) is 0 Å². The van der Waals surface area contributed by atoms with Gasteiger partial charge in [0.15, 0.2) is 0 Å². The normalized spacial score (nSPS) is 11.3. The van der Waals surface area contributed by atoms with Crippen molar-refractivity contribution in [1.29, 1.82) is 0 Å². The summed E-state index contributed by atoms with van der Waals surface area (Å²) in [5, 5.41) is 7.09. The van der Waals surface area contributed by atoms with Gasteiger partial charge >= 0.3 is 0 Å². The van der Waals surface area contributed by atoms with E-state index in [0.29, 0.717) is 0 Å². The van der Waals surface area contributed by atoms with Gasteiger partial charge in [0, 0.05) is 51.0 Å². The molecular weight excluding hydrogens is 444 g/mol. The number of nitrogens with zero attached hydrogens (tertiary/aromatic N) is 4. The van der Waals surface area contributed by atoms with Crippen LogP contribution >= 0.6 is 0 Å². The Morgan fingerprint density at radius 1 is 0.500 bits per heavy atom. The predicted molar refractivity (Wildman–Crippen MR) is 156 cm³/mol. The third-order valence-electron chi connectivity index (χ3n) is 7.11. The molecule has 0 amide bonds. The van der Waals surface area contributed by atoms with Crippen molar-refractivity contribution in [1.82, 2.24) is 19.1 Å². The molecule has 0 spiro atoms. The lowest BCUT2D eigenvalue weighted by molar-refractivity contribution is 0.550. The highest BCUT2D eigenvalue weighted by Crippen LogP contribution is 2.13. The SMILES string of the molecule is CCCCCCCCCn1ccnc1NCCCCCCNc1nccn1CCCCCCCCC. The van der Waals surface area contributed by atoms with Crippen molar-refractivity contribution in [3.05, 3.63) is 24.8 Å². The van der Waals surface area contributed by atoms with Crippen LogP contribution in [0.25, 0.3) is 0 Å². The lowest BCUT2D eigenvalue weighted by atomic mass is 10.1. The fourth-order valence-electron chi connectivity index (χ4n) is 4.80. The van der Waals surface area contributed by atoms with Crippen LogP contribution < -0.4 is 10.6 Å². The van der Waals surface area contributed by atoms with Crippen LogP contribution in [-0.2, 0) is 13.1 Å². The summed E-state index contributed by atoms with van der Waals surface area (Å²) in [6.45, 7) is 8.73. The molecule has 0 atom stereocenters. The smallest absolute Gasteiger partial charge is 0.202 e. The van der Waals surface area contributed by atoms with Gasteiger partial charge in [0.25, 0.3) is 0 Å². The van der Waals surface area contributed by atoms with E-state index < -0.39 is 0 Å². The van der Waals surface area contributed by atoms with Crippen LogP contribution in [0.15, 0.2) is 24.8 Å². The quantitative estimate of drug-likeness (QED) is 0.134. The molecule has 2 rings (SSSR count). The van der Waals surface area contributed by atoms with Gasteiger partial charge in [-0.3, -0.25) is 0 Å². The van der Waals surface area contributed by atoms with Crippen molar-refractivity contribution in [3.8, 4) is 0 Å². The summed E-state index contributed by atoms with van der Waals surface area (Å²) in [6.07, 6.45) is 31.8. The molecule has 0 saturated heterocycles. The largest absolute Gasteiger partial charge is 0.356 e. The monoisotopic (exact) mass is 500 g/mol. The zero-order valence-corrected chi connectivity index (χ0v) is 23.7. The number of rotatable bonds is 25. The second-order valence-electron chi connectivity index (χ2n) is 10.4. The first-order valence-corrected chi connectivity index (χ1v) is 15.3. The molecule has 6 nitrogen and oxygen atoms in total. The molecule has 2 heterocycles. The zero-order valence-electron chi connectivity index (χ0n) is 23.7. The van der Waals surface area contributed by atoms with Gasteiger partial charge < -0.3 is 19.8 Å². The Bertz CT molecular complexity index is 675. The standard InChI is InChI=1S/C30H56N6/c1-3-5-7-9-11-15-19-25-35-27-23-33-29(35)31-21-17-13-14-18-22-32-30-34-24-28-36(30)26-20-16-12-10-8-6-4-2/h23-24,27-28H,3-22,25-26H2,1-2H3,(H,31,33)(H,32,34). The van der Waals surface area contributed by atoms with E-state index in [0.717, 1.165) is 38.1 Å². The van der Waals surface area contributed by atoms with Crippen LogP contribution in [0, 0.1) is 0 Å². The second kappa shape index (κ2) is 21.1. The van der Waals surface area contributed by atoms with Gasteiger partial charge in [-0.25, -0.2) is 9.97 Å². The Hall–Kier alpha value is -1.98. The van der Waals surface area contributed by atoms with Gasteiger partial charge in [0.05, 0.1) is 0 Å². The van der Waals surface area contributed by atoms with Gasteiger partial charge in [-0.05, 0) is 25.7 Å². The van der Waals surface area contributed by atoms with E-state index in [2.05, 4.69) is 56.0 Å². The lowest BCUT2D eigenvalue weighted by Gasteiger charge is -2.11. The van der Waals surface area contributed by atoms with E-state index in [4.69, 9.17) is 0 Å². The maximum atomic E-state index is 4.52. The number of anilines is 2. The number of hydrogen-bond donors (Lipinski definition) is 2. The van der Waals surface area contributed by atoms with E-state index in [1.807, 2.05) is 12.4 Å². The number of aromatic nitrogens is 4. The van der Waals surface area contributed by atoms with Crippen molar-refractivity contribution >= 4 is 11.9 Å². The highest BCUT2D eigenvalue weighted by atomic mass is 15.2. The highest BCUT2D eigenvalue weighted by Gasteiger charge is 2.03. The zero-order chi connectivity index (χ0) is 25.5. The maximum absolute atomic E-state index is 4.52. The molecule has 0 aromatic carbocycles. The molecule has 2 aromatic rings. The van der Waals surface area contributed by atoms with Crippen molar-refractivity contribution in [2.24, 2.45) is 0 Å².